The van der Waals surface area contributed by atoms with Crippen molar-refractivity contribution in [1.29, 1.82) is 0 Å². The molecule has 2 rings (SSSR count). The van der Waals surface area contributed by atoms with Gasteiger partial charge in [0, 0.05) is 5.69 Å². The second-order valence-electron chi connectivity index (χ2n) is 3.47. The Labute approximate surface area is 90.9 Å². The number of hydrogen-bond acceptors (Lipinski definition) is 4. The third-order valence-electron chi connectivity index (χ3n) is 2.28. The highest BCUT2D eigenvalue weighted by Gasteiger charge is 2.09. The molecule has 0 saturated carbocycles. The molecule has 16 heavy (non-hydrogen) atoms. The van der Waals surface area contributed by atoms with Crippen molar-refractivity contribution in [2.75, 3.05) is 7.11 Å². The van der Waals surface area contributed by atoms with Gasteiger partial charge in [-0.15, -0.1) is 0 Å². The second kappa shape index (κ2) is 3.80. The highest BCUT2D eigenvalue weighted by atomic mass is 16.5. The van der Waals surface area contributed by atoms with Crippen LogP contribution in [0.3, 0.4) is 0 Å². The van der Waals surface area contributed by atoms with Crippen LogP contribution < -0.4 is 5.56 Å². The van der Waals surface area contributed by atoms with Crippen LogP contribution in [0.2, 0.25) is 0 Å². The molecule has 84 valence electrons. The number of esters is 1. The van der Waals surface area contributed by atoms with Gasteiger partial charge in [0.2, 0.25) is 0 Å². The largest absolute Gasteiger partial charge is 0.468 e. The molecule has 6 nitrogen and oxygen atoms in total. The molecular weight excluding hydrogens is 210 g/mol. The van der Waals surface area contributed by atoms with E-state index in [9.17, 15) is 9.59 Å². The van der Waals surface area contributed by atoms with Gasteiger partial charge in [0.1, 0.15) is 18.5 Å². The Morgan fingerprint density at radius 2 is 2.38 bits per heavy atom. The van der Waals surface area contributed by atoms with Crippen molar-refractivity contribution in [3.63, 3.8) is 0 Å². The van der Waals surface area contributed by atoms with Crippen LogP contribution in [0.15, 0.2) is 17.2 Å². The molecule has 2 aromatic heterocycles. The fourth-order valence-corrected chi connectivity index (χ4v) is 1.49. The molecule has 0 saturated heterocycles. The molecule has 0 aromatic carbocycles. The first kappa shape index (κ1) is 10.4. The third kappa shape index (κ3) is 1.69. The fourth-order valence-electron chi connectivity index (χ4n) is 1.49. The van der Waals surface area contributed by atoms with Crippen molar-refractivity contribution in [2.45, 2.75) is 13.5 Å². The van der Waals surface area contributed by atoms with E-state index in [-0.39, 0.29) is 12.1 Å². The predicted molar refractivity (Wildman–Crippen MR) is 57.1 cm³/mol. The lowest BCUT2D eigenvalue weighted by Gasteiger charge is -2.02. The van der Waals surface area contributed by atoms with E-state index in [1.807, 2.05) is 6.92 Å². The lowest BCUT2D eigenvalue weighted by atomic mass is 10.4. The van der Waals surface area contributed by atoms with E-state index in [0.717, 1.165) is 5.69 Å². The molecule has 1 N–H and O–H groups in total. The minimum atomic E-state index is -0.476. The number of fused-ring (bicyclic) bond motifs is 1. The summed E-state index contributed by atoms with van der Waals surface area (Å²) in [7, 11) is 1.28. The van der Waals surface area contributed by atoms with E-state index in [0.29, 0.717) is 11.0 Å². The van der Waals surface area contributed by atoms with Crippen LogP contribution in [0.25, 0.3) is 11.0 Å². The molecule has 0 unspecified atom stereocenters. The lowest BCUT2D eigenvalue weighted by molar-refractivity contribution is -0.141. The number of nitrogens with one attached hydrogen (secondary N) is 1. The molecule has 0 aliphatic rings. The zero-order valence-electron chi connectivity index (χ0n) is 8.98. The van der Waals surface area contributed by atoms with Crippen molar-refractivity contribution in [3.8, 4) is 0 Å². The second-order valence-corrected chi connectivity index (χ2v) is 3.47. The van der Waals surface area contributed by atoms with Crippen LogP contribution in [0.5, 0.6) is 0 Å². The van der Waals surface area contributed by atoms with Crippen LogP contribution in [-0.2, 0) is 16.1 Å². The number of aryl methyl sites for hydroxylation is 1. The SMILES string of the molecule is COC(=O)Cn1cnc2[nH]c(C)cc2c1=O. The first-order valence-electron chi connectivity index (χ1n) is 4.73. The molecule has 0 amide bonds. The number of rotatable bonds is 2. The van der Waals surface area contributed by atoms with Gasteiger partial charge in [0.15, 0.2) is 0 Å². The molecule has 2 heterocycles. The highest BCUT2D eigenvalue weighted by Crippen LogP contribution is 2.06. The Balaban J connectivity index is 2.52. The van der Waals surface area contributed by atoms with Crippen LogP contribution >= 0.6 is 0 Å². The Kier molecular flexibility index (Phi) is 2.47. The van der Waals surface area contributed by atoms with Gasteiger partial charge >= 0.3 is 5.97 Å². The molecular formula is C10H11N3O3. The molecule has 0 bridgehead atoms. The molecule has 0 aliphatic heterocycles. The topological polar surface area (TPSA) is 77.0 Å². The van der Waals surface area contributed by atoms with Crippen molar-refractivity contribution in [2.24, 2.45) is 0 Å². The molecule has 0 atom stereocenters. The minimum Gasteiger partial charge on any atom is -0.468 e. The standard InChI is InChI=1S/C10H11N3O3/c1-6-3-7-9(12-6)11-5-13(10(7)15)4-8(14)16-2/h3,5,12H,4H2,1-2H3. The zero-order valence-corrected chi connectivity index (χ0v) is 8.98. The fraction of sp³-hybridized carbons (Fsp3) is 0.300. The van der Waals surface area contributed by atoms with E-state index >= 15 is 0 Å². The van der Waals surface area contributed by atoms with Crippen LogP contribution in [0.4, 0.5) is 0 Å². The summed E-state index contributed by atoms with van der Waals surface area (Å²) in [6.45, 7) is 1.72. The van der Waals surface area contributed by atoms with Gasteiger partial charge in [0.05, 0.1) is 12.5 Å². The predicted octanol–water partition coefficient (Wildman–Crippen LogP) is 0.206. The number of hydrogen-bond donors (Lipinski definition) is 1. The van der Waals surface area contributed by atoms with Gasteiger partial charge < -0.3 is 9.72 Å². The molecule has 0 radical (unpaired) electrons. The maximum Gasteiger partial charge on any atom is 0.325 e. The summed E-state index contributed by atoms with van der Waals surface area (Å²) in [4.78, 5) is 29.9. The third-order valence-corrected chi connectivity index (χ3v) is 2.28. The van der Waals surface area contributed by atoms with Crippen LogP contribution in [-0.4, -0.2) is 27.6 Å². The number of aromatic nitrogens is 3. The summed E-state index contributed by atoms with van der Waals surface area (Å²) in [5, 5.41) is 0.476. The summed E-state index contributed by atoms with van der Waals surface area (Å²) in [6, 6.07) is 1.71. The molecule has 2 aromatic rings. The van der Waals surface area contributed by atoms with Gasteiger partial charge in [-0.2, -0.15) is 0 Å². The number of H-pyrrole nitrogens is 1. The normalized spacial score (nSPS) is 10.6. The summed E-state index contributed by atoms with van der Waals surface area (Å²) in [5.74, 6) is -0.476. The lowest BCUT2D eigenvalue weighted by Crippen LogP contribution is -2.24. The quantitative estimate of drug-likeness (QED) is 0.735. The maximum absolute atomic E-state index is 11.9. The van der Waals surface area contributed by atoms with Gasteiger partial charge in [-0.1, -0.05) is 0 Å². The zero-order chi connectivity index (χ0) is 11.7. The average Bonchev–Trinajstić information content (AvgIpc) is 2.64. The Bertz CT molecular complexity index is 597. The van der Waals surface area contributed by atoms with Crippen molar-refractivity contribution >= 4 is 17.0 Å². The molecule has 0 spiro atoms. The Morgan fingerprint density at radius 1 is 1.62 bits per heavy atom. The molecule has 6 heteroatoms. The summed E-state index contributed by atoms with van der Waals surface area (Å²) in [6.07, 6.45) is 1.33. The van der Waals surface area contributed by atoms with Gasteiger partial charge in [-0.25, -0.2) is 4.98 Å². The number of carbonyl (C=O) groups excluding carboxylic acids is 1. The first-order chi connectivity index (χ1) is 7.61. The molecule has 0 fully saturated rings. The van der Waals surface area contributed by atoms with E-state index in [1.165, 1.54) is 18.0 Å². The van der Waals surface area contributed by atoms with Crippen LogP contribution in [0, 0.1) is 6.92 Å². The van der Waals surface area contributed by atoms with Crippen LogP contribution in [0.1, 0.15) is 5.69 Å². The maximum atomic E-state index is 11.9. The summed E-state index contributed by atoms with van der Waals surface area (Å²) < 4.78 is 5.72. The number of carbonyl (C=O) groups is 1. The smallest absolute Gasteiger partial charge is 0.325 e. The summed E-state index contributed by atoms with van der Waals surface area (Å²) >= 11 is 0. The Hall–Kier alpha value is -2.11. The molecule has 0 aliphatic carbocycles. The first-order valence-corrected chi connectivity index (χ1v) is 4.73. The van der Waals surface area contributed by atoms with E-state index < -0.39 is 5.97 Å². The van der Waals surface area contributed by atoms with Crippen molar-refractivity contribution < 1.29 is 9.53 Å². The summed E-state index contributed by atoms with van der Waals surface area (Å²) in [5.41, 5.74) is 1.14. The minimum absolute atomic E-state index is 0.123. The van der Waals surface area contributed by atoms with E-state index in [1.54, 1.807) is 6.07 Å². The monoisotopic (exact) mass is 221 g/mol. The number of methoxy groups -OCH3 is 1. The van der Waals surface area contributed by atoms with E-state index in [4.69, 9.17) is 0 Å². The highest BCUT2D eigenvalue weighted by molar-refractivity contribution is 5.75. The van der Waals surface area contributed by atoms with Gasteiger partial charge in [-0.3, -0.25) is 14.2 Å². The van der Waals surface area contributed by atoms with Gasteiger partial charge in [-0.05, 0) is 13.0 Å². The van der Waals surface area contributed by atoms with E-state index in [2.05, 4.69) is 14.7 Å². The number of nitrogens with zero attached hydrogens (tertiary/aromatic N) is 2. The van der Waals surface area contributed by atoms with Gasteiger partial charge in [0.25, 0.3) is 5.56 Å². The average molecular weight is 221 g/mol. The number of aromatic amines is 1. The Morgan fingerprint density at radius 3 is 3.06 bits per heavy atom. The number of ether oxygens (including phenoxy) is 1. The van der Waals surface area contributed by atoms with Crippen molar-refractivity contribution in [1.82, 2.24) is 14.5 Å². The van der Waals surface area contributed by atoms with Crippen molar-refractivity contribution in [3.05, 3.63) is 28.4 Å².